The van der Waals surface area contributed by atoms with Crippen LogP contribution in [0.15, 0.2) is 72.8 Å². The summed E-state index contributed by atoms with van der Waals surface area (Å²) in [4.78, 5) is 25.2. The number of carbonyl (C=O) groups is 2. The van der Waals surface area contributed by atoms with Gasteiger partial charge in [0.2, 0.25) is 0 Å². The molecule has 32 heavy (non-hydrogen) atoms. The normalized spacial score (nSPS) is 13.9. The Labute approximate surface area is 187 Å². The first-order chi connectivity index (χ1) is 15.6. The van der Waals surface area contributed by atoms with Crippen molar-refractivity contribution in [1.82, 2.24) is 0 Å². The van der Waals surface area contributed by atoms with Crippen molar-refractivity contribution in [3.8, 4) is 0 Å². The van der Waals surface area contributed by atoms with Crippen molar-refractivity contribution in [2.24, 2.45) is 5.73 Å². The molecule has 162 valence electrons. The molecule has 4 N–H and O–H groups in total. The lowest BCUT2D eigenvalue weighted by Crippen LogP contribution is -2.10. The average molecular weight is 428 g/mol. The molecule has 0 bridgehead atoms. The molecule has 0 aliphatic carbocycles. The molecule has 0 radical (unpaired) electrons. The van der Waals surface area contributed by atoms with Crippen LogP contribution in [0.1, 0.15) is 34.0 Å². The highest BCUT2D eigenvalue weighted by Crippen LogP contribution is 2.38. The zero-order chi connectivity index (χ0) is 22.5. The van der Waals surface area contributed by atoms with Gasteiger partial charge in [-0.1, -0.05) is 48.5 Å². The second kappa shape index (κ2) is 9.49. The molecule has 0 aromatic heterocycles. The lowest BCUT2D eigenvalue weighted by atomic mass is 9.99. The van der Waals surface area contributed by atoms with E-state index in [-0.39, 0.29) is 5.91 Å². The minimum Gasteiger partial charge on any atom is -0.462 e. The van der Waals surface area contributed by atoms with E-state index in [0.29, 0.717) is 35.7 Å². The monoisotopic (exact) mass is 427 g/mol. The predicted octanol–water partition coefficient (Wildman–Crippen LogP) is 4.30. The highest BCUT2D eigenvalue weighted by molar-refractivity contribution is 6.37. The molecule has 6 nitrogen and oxygen atoms in total. The Hall–Kier alpha value is -3.90. The first kappa shape index (κ1) is 21.3. The van der Waals surface area contributed by atoms with Gasteiger partial charge >= 0.3 is 5.97 Å². The van der Waals surface area contributed by atoms with Gasteiger partial charge < -0.3 is 21.1 Å². The number of ether oxygens (including phenoxy) is 1. The van der Waals surface area contributed by atoms with E-state index in [1.165, 1.54) is 0 Å². The van der Waals surface area contributed by atoms with Gasteiger partial charge in [-0.25, -0.2) is 4.79 Å². The van der Waals surface area contributed by atoms with Crippen LogP contribution in [0.4, 0.5) is 11.4 Å². The Morgan fingerprint density at radius 2 is 1.75 bits per heavy atom. The molecule has 0 saturated carbocycles. The number of rotatable bonds is 7. The number of fused-ring (bicyclic) bond motifs is 1. The first-order valence-electron chi connectivity index (χ1n) is 10.6. The number of benzene rings is 3. The summed E-state index contributed by atoms with van der Waals surface area (Å²) in [5.74, 6) is -0.645. The van der Waals surface area contributed by atoms with Crippen molar-refractivity contribution in [1.29, 1.82) is 0 Å². The van der Waals surface area contributed by atoms with E-state index in [1.807, 2.05) is 54.6 Å². The maximum atomic E-state index is 13.0. The molecule has 1 aliphatic heterocycles. The molecule has 3 aromatic carbocycles. The molecule has 0 atom stereocenters. The van der Waals surface area contributed by atoms with Gasteiger partial charge in [-0.05, 0) is 55.3 Å². The second-order valence-electron chi connectivity index (χ2n) is 7.41. The van der Waals surface area contributed by atoms with Gasteiger partial charge in [-0.15, -0.1) is 0 Å². The molecule has 0 saturated heterocycles. The van der Waals surface area contributed by atoms with Gasteiger partial charge in [0, 0.05) is 11.3 Å². The summed E-state index contributed by atoms with van der Waals surface area (Å²) in [6, 6.07) is 22.8. The lowest BCUT2D eigenvalue weighted by Gasteiger charge is -2.15. The quantitative estimate of drug-likeness (QED) is 0.386. The van der Waals surface area contributed by atoms with Crippen LogP contribution in [0.2, 0.25) is 0 Å². The SMILES string of the molecule is CCOC(=O)c1ccc2c(c1)NC(=O)/C2=C(\Nc1ccc(CCN)cc1)c1ccccc1. The van der Waals surface area contributed by atoms with Crippen LogP contribution >= 0.6 is 0 Å². The number of hydrogen-bond acceptors (Lipinski definition) is 5. The van der Waals surface area contributed by atoms with Crippen molar-refractivity contribution in [3.05, 3.63) is 95.1 Å². The number of nitrogens with one attached hydrogen (secondary N) is 2. The predicted molar refractivity (Wildman–Crippen MR) is 127 cm³/mol. The number of anilines is 2. The molecular weight excluding hydrogens is 402 g/mol. The van der Waals surface area contributed by atoms with Gasteiger partial charge in [0.05, 0.1) is 29.1 Å². The fraction of sp³-hybridized carbons (Fsp3) is 0.154. The molecule has 0 spiro atoms. The Kier molecular flexibility index (Phi) is 6.33. The molecule has 1 amide bonds. The highest BCUT2D eigenvalue weighted by Gasteiger charge is 2.29. The largest absolute Gasteiger partial charge is 0.462 e. The van der Waals surface area contributed by atoms with E-state index in [0.717, 1.165) is 28.8 Å². The minimum absolute atomic E-state index is 0.230. The lowest BCUT2D eigenvalue weighted by molar-refractivity contribution is -0.110. The third-order valence-electron chi connectivity index (χ3n) is 5.24. The molecule has 3 aromatic rings. The summed E-state index contributed by atoms with van der Waals surface area (Å²) in [6.45, 7) is 2.64. The number of nitrogens with two attached hydrogens (primary N) is 1. The first-order valence-corrected chi connectivity index (χ1v) is 10.6. The number of amides is 1. The summed E-state index contributed by atoms with van der Waals surface area (Å²) in [5, 5.41) is 6.32. The van der Waals surface area contributed by atoms with E-state index >= 15 is 0 Å². The smallest absolute Gasteiger partial charge is 0.338 e. The maximum Gasteiger partial charge on any atom is 0.338 e. The van der Waals surface area contributed by atoms with Crippen molar-refractivity contribution in [2.75, 3.05) is 23.8 Å². The van der Waals surface area contributed by atoms with Gasteiger partial charge in [-0.2, -0.15) is 0 Å². The van der Waals surface area contributed by atoms with Gasteiger partial charge in [-0.3, -0.25) is 4.79 Å². The van der Waals surface area contributed by atoms with E-state index < -0.39 is 5.97 Å². The fourth-order valence-electron chi connectivity index (χ4n) is 3.71. The minimum atomic E-state index is -0.416. The Morgan fingerprint density at radius 1 is 1.00 bits per heavy atom. The molecule has 1 heterocycles. The number of carbonyl (C=O) groups excluding carboxylic acids is 2. The van der Waals surface area contributed by atoms with Crippen LogP contribution in [0.5, 0.6) is 0 Å². The van der Waals surface area contributed by atoms with E-state index in [4.69, 9.17) is 10.5 Å². The zero-order valence-corrected chi connectivity index (χ0v) is 17.9. The van der Waals surface area contributed by atoms with Gasteiger partial charge in [0.25, 0.3) is 5.91 Å². The van der Waals surface area contributed by atoms with Gasteiger partial charge in [0.1, 0.15) is 0 Å². The average Bonchev–Trinajstić information content (AvgIpc) is 3.14. The van der Waals surface area contributed by atoms with E-state index in [9.17, 15) is 9.59 Å². The van der Waals surface area contributed by atoms with Crippen molar-refractivity contribution >= 4 is 34.5 Å². The van der Waals surface area contributed by atoms with Crippen molar-refractivity contribution in [2.45, 2.75) is 13.3 Å². The molecule has 1 aliphatic rings. The summed E-state index contributed by atoms with van der Waals surface area (Å²) in [5.41, 5.74) is 11.5. The second-order valence-corrected chi connectivity index (χ2v) is 7.41. The standard InChI is InChI=1S/C26H25N3O3/c1-2-32-26(31)19-10-13-21-22(16-19)29-25(30)23(21)24(18-6-4-3-5-7-18)28-20-11-8-17(9-12-20)14-15-27/h3-13,16,28H,2,14-15,27H2,1H3,(H,29,30)/b24-23-. The number of esters is 1. The zero-order valence-electron chi connectivity index (χ0n) is 17.9. The molecule has 4 rings (SSSR count). The van der Waals surface area contributed by atoms with E-state index in [2.05, 4.69) is 10.6 Å². The van der Waals surface area contributed by atoms with Crippen LogP contribution in [-0.4, -0.2) is 25.0 Å². The third-order valence-corrected chi connectivity index (χ3v) is 5.24. The molecular formula is C26H25N3O3. The topological polar surface area (TPSA) is 93.4 Å². The summed E-state index contributed by atoms with van der Waals surface area (Å²) in [7, 11) is 0. The summed E-state index contributed by atoms with van der Waals surface area (Å²) >= 11 is 0. The molecule has 6 heteroatoms. The van der Waals surface area contributed by atoms with Crippen LogP contribution in [0.25, 0.3) is 11.3 Å². The van der Waals surface area contributed by atoms with Crippen LogP contribution in [0, 0.1) is 0 Å². The maximum absolute atomic E-state index is 13.0. The Morgan fingerprint density at radius 3 is 2.44 bits per heavy atom. The Balaban J connectivity index is 1.78. The molecule has 0 fully saturated rings. The van der Waals surface area contributed by atoms with Crippen molar-refractivity contribution in [3.63, 3.8) is 0 Å². The fourth-order valence-corrected chi connectivity index (χ4v) is 3.71. The Bertz CT molecular complexity index is 1170. The van der Waals surface area contributed by atoms with Crippen LogP contribution < -0.4 is 16.4 Å². The highest BCUT2D eigenvalue weighted by atomic mass is 16.5. The van der Waals surface area contributed by atoms with E-state index in [1.54, 1.807) is 25.1 Å². The van der Waals surface area contributed by atoms with Crippen LogP contribution in [0.3, 0.4) is 0 Å². The third kappa shape index (κ3) is 4.40. The summed E-state index contributed by atoms with van der Waals surface area (Å²) in [6.07, 6.45) is 0.811. The molecule has 0 unspecified atom stereocenters. The summed E-state index contributed by atoms with van der Waals surface area (Å²) < 4.78 is 5.08. The van der Waals surface area contributed by atoms with Gasteiger partial charge in [0.15, 0.2) is 0 Å². The van der Waals surface area contributed by atoms with Crippen LogP contribution in [-0.2, 0) is 16.0 Å². The van der Waals surface area contributed by atoms with Crippen molar-refractivity contribution < 1.29 is 14.3 Å². The number of hydrogen-bond donors (Lipinski definition) is 3.